The molecule has 8 heteroatoms. The topological polar surface area (TPSA) is 62.4 Å². The van der Waals surface area contributed by atoms with Crippen molar-refractivity contribution in [2.75, 3.05) is 5.32 Å². The van der Waals surface area contributed by atoms with Gasteiger partial charge in [-0.05, 0) is 55.5 Å². The van der Waals surface area contributed by atoms with Crippen LogP contribution in [0.2, 0.25) is 5.02 Å². The highest BCUT2D eigenvalue weighted by Gasteiger charge is 2.16. The maximum absolute atomic E-state index is 13.5. The van der Waals surface area contributed by atoms with Crippen LogP contribution in [0.4, 0.5) is 10.1 Å². The van der Waals surface area contributed by atoms with Gasteiger partial charge in [-0.1, -0.05) is 23.7 Å². The highest BCUT2D eigenvalue weighted by molar-refractivity contribution is 7.80. The molecule has 2 aromatic carbocycles. The maximum atomic E-state index is 13.5. The lowest BCUT2D eigenvalue weighted by Crippen LogP contribution is -2.48. The standard InChI is InChI=1S/C16H15ClFN3O2S/c1-10(23-14-5-3-2-4-13(14)18)15(22)20-21-16(24)19-12-8-6-11(17)7-9-12/h2-10H,1H3,(H,20,22)(H2,19,21,24)/t10-/m1/s1. The van der Waals surface area contributed by atoms with Crippen molar-refractivity contribution in [3.05, 3.63) is 59.4 Å². The third-order valence-corrected chi connectivity index (χ3v) is 3.37. The van der Waals surface area contributed by atoms with E-state index in [1.54, 1.807) is 30.3 Å². The van der Waals surface area contributed by atoms with Crippen LogP contribution in [0.25, 0.3) is 0 Å². The second-order valence-electron chi connectivity index (χ2n) is 4.77. The van der Waals surface area contributed by atoms with E-state index in [0.717, 1.165) is 0 Å². The molecule has 0 radical (unpaired) electrons. The SMILES string of the molecule is C[C@@H](Oc1ccccc1F)C(=O)NNC(=S)Nc1ccc(Cl)cc1. The molecule has 0 aliphatic carbocycles. The molecule has 5 nitrogen and oxygen atoms in total. The van der Waals surface area contributed by atoms with E-state index in [4.69, 9.17) is 28.6 Å². The number of benzene rings is 2. The number of hydrogen-bond acceptors (Lipinski definition) is 3. The van der Waals surface area contributed by atoms with E-state index in [-0.39, 0.29) is 10.9 Å². The molecule has 0 unspecified atom stereocenters. The third kappa shape index (κ3) is 5.36. The van der Waals surface area contributed by atoms with E-state index in [1.807, 2.05) is 0 Å². The average Bonchev–Trinajstić information content (AvgIpc) is 2.56. The second kappa shape index (κ2) is 8.47. The summed E-state index contributed by atoms with van der Waals surface area (Å²) in [5.41, 5.74) is 5.64. The Morgan fingerprint density at radius 3 is 2.50 bits per heavy atom. The molecule has 2 aromatic rings. The van der Waals surface area contributed by atoms with Crippen LogP contribution in [0.5, 0.6) is 5.75 Å². The number of halogens is 2. The van der Waals surface area contributed by atoms with Crippen molar-refractivity contribution in [1.82, 2.24) is 10.9 Å². The third-order valence-electron chi connectivity index (χ3n) is 2.91. The van der Waals surface area contributed by atoms with Crippen molar-refractivity contribution in [3.8, 4) is 5.75 Å². The van der Waals surface area contributed by atoms with Crippen molar-refractivity contribution < 1.29 is 13.9 Å². The zero-order valence-electron chi connectivity index (χ0n) is 12.7. The number of amides is 1. The summed E-state index contributed by atoms with van der Waals surface area (Å²) in [6.45, 7) is 1.50. The smallest absolute Gasteiger partial charge is 0.279 e. The summed E-state index contributed by atoms with van der Waals surface area (Å²) in [5.74, 6) is -1.04. The van der Waals surface area contributed by atoms with E-state index in [0.29, 0.717) is 10.7 Å². The first kappa shape index (κ1) is 18.0. The van der Waals surface area contributed by atoms with Gasteiger partial charge in [0.15, 0.2) is 22.8 Å². The maximum Gasteiger partial charge on any atom is 0.279 e. The predicted molar refractivity (Wildman–Crippen MR) is 95.4 cm³/mol. The van der Waals surface area contributed by atoms with Crippen LogP contribution in [-0.4, -0.2) is 17.1 Å². The number of carbonyl (C=O) groups is 1. The zero-order chi connectivity index (χ0) is 17.5. The Kier molecular flexibility index (Phi) is 6.34. The quantitative estimate of drug-likeness (QED) is 0.572. The minimum absolute atomic E-state index is 0.00187. The Labute approximate surface area is 149 Å². The van der Waals surface area contributed by atoms with Gasteiger partial charge in [0.1, 0.15) is 0 Å². The van der Waals surface area contributed by atoms with Crippen LogP contribution in [0.1, 0.15) is 6.92 Å². The average molecular weight is 368 g/mol. The van der Waals surface area contributed by atoms with Gasteiger partial charge in [0.05, 0.1) is 0 Å². The molecule has 1 amide bonds. The van der Waals surface area contributed by atoms with E-state index in [9.17, 15) is 9.18 Å². The largest absolute Gasteiger partial charge is 0.478 e. The molecule has 0 spiro atoms. The number of hydrazine groups is 1. The molecule has 2 rings (SSSR count). The summed E-state index contributed by atoms with van der Waals surface area (Å²) in [4.78, 5) is 11.9. The minimum Gasteiger partial charge on any atom is -0.478 e. The summed E-state index contributed by atoms with van der Waals surface area (Å²) in [6, 6.07) is 12.7. The molecular weight excluding hydrogens is 353 g/mol. The lowest BCUT2D eigenvalue weighted by molar-refractivity contribution is -0.127. The van der Waals surface area contributed by atoms with Crippen molar-refractivity contribution >= 4 is 40.5 Å². The fourth-order valence-corrected chi connectivity index (χ4v) is 1.99. The van der Waals surface area contributed by atoms with Gasteiger partial charge in [-0.3, -0.25) is 15.6 Å². The van der Waals surface area contributed by atoms with Gasteiger partial charge in [0, 0.05) is 10.7 Å². The van der Waals surface area contributed by atoms with Crippen LogP contribution in [0.3, 0.4) is 0 Å². The van der Waals surface area contributed by atoms with Gasteiger partial charge in [-0.2, -0.15) is 0 Å². The number of rotatable bonds is 4. The molecular formula is C16H15ClFN3O2S. The first-order valence-electron chi connectivity index (χ1n) is 6.99. The Morgan fingerprint density at radius 2 is 1.83 bits per heavy atom. The van der Waals surface area contributed by atoms with E-state index < -0.39 is 17.8 Å². The number of carbonyl (C=O) groups excluding carboxylic acids is 1. The van der Waals surface area contributed by atoms with E-state index >= 15 is 0 Å². The van der Waals surface area contributed by atoms with Crippen LogP contribution in [0, 0.1) is 5.82 Å². The molecule has 0 saturated heterocycles. The molecule has 1 atom stereocenters. The first-order chi connectivity index (χ1) is 11.5. The molecule has 3 N–H and O–H groups in total. The minimum atomic E-state index is -0.910. The molecule has 126 valence electrons. The Morgan fingerprint density at radius 1 is 1.17 bits per heavy atom. The van der Waals surface area contributed by atoms with E-state index in [2.05, 4.69) is 16.2 Å². The van der Waals surface area contributed by atoms with Gasteiger partial charge < -0.3 is 10.1 Å². The molecule has 0 aliphatic heterocycles. The lowest BCUT2D eigenvalue weighted by Gasteiger charge is -2.16. The molecule has 24 heavy (non-hydrogen) atoms. The predicted octanol–water partition coefficient (Wildman–Crippen LogP) is 3.26. The molecule has 0 aliphatic rings. The number of para-hydroxylation sites is 1. The number of thiocarbonyl (C=S) groups is 1. The van der Waals surface area contributed by atoms with Gasteiger partial charge >= 0.3 is 0 Å². The summed E-state index contributed by atoms with van der Waals surface area (Å²) >= 11 is 10.8. The molecule has 0 bridgehead atoms. The zero-order valence-corrected chi connectivity index (χ0v) is 14.2. The number of ether oxygens (including phenoxy) is 1. The fourth-order valence-electron chi connectivity index (χ4n) is 1.70. The van der Waals surface area contributed by atoms with Crippen LogP contribution in [-0.2, 0) is 4.79 Å². The summed E-state index contributed by atoms with van der Waals surface area (Å²) in [7, 11) is 0. The summed E-state index contributed by atoms with van der Waals surface area (Å²) in [5, 5.41) is 3.66. The van der Waals surface area contributed by atoms with Crippen molar-refractivity contribution in [2.24, 2.45) is 0 Å². The van der Waals surface area contributed by atoms with E-state index in [1.165, 1.54) is 25.1 Å². The second-order valence-corrected chi connectivity index (χ2v) is 5.61. The van der Waals surface area contributed by atoms with Crippen molar-refractivity contribution in [2.45, 2.75) is 13.0 Å². The van der Waals surface area contributed by atoms with Crippen LogP contribution in [0.15, 0.2) is 48.5 Å². The van der Waals surface area contributed by atoms with Crippen LogP contribution >= 0.6 is 23.8 Å². The number of anilines is 1. The highest BCUT2D eigenvalue weighted by atomic mass is 35.5. The molecule has 0 aromatic heterocycles. The van der Waals surface area contributed by atoms with Gasteiger partial charge in [-0.15, -0.1) is 0 Å². The normalized spacial score (nSPS) is 11.3. The summed E-state index contributed by atoms with van der Waals surface area (Å²) < 4.78 is 18.8. The van der Waals surface area contributed by atoms with Gasteiger partial charge in [0.2, 0.25) is 0 Å². The van der Waals surface area contributed by atoms with Gasteiger partial charge in [-0.25, -0.2) is 4.39 Å². The number of hydrogen-bond donors (Lipinski definition) is 3. The fraction of sp³-hybridized carbons (Fsp3) is 0.125. The Hall–Kier alpha value is -2.38. The van der Waals surface area contributed by atoms with Gasteiger partial charge in [0.25, 0.3) is 5.91 Å². The Balaban J connectivity index is 1.80. The monoisotopic (exact) mass is 367 g/mol. The number of nitrogens with one attached hydrogen (secondary N) is 3. The van der Waals surface area contributed by atoms with Crippen molar-refractivity contribution in [3.63, 3.8) is 0 Å². The van der Waals surface area contributed by atoms with Crippen LogP contribution < -0.4 is 20.9 Å². The highest BCUT2D eigenvalue weighted by Crippen LogP contribution is 2.17. The summed E-state index contributed by atoms with van der Waals surface area (Å²) in [6.07, 6.45) is -0.910. The van der Waals surface area contributed by atoms with Crippen molar-refractivity contribution in [1.29, 1.82) is 0 Å². The molecule has 0 fully saturated rings. The molecule has 0 saturated carbocycles. The Bertz CT molecular complexity index is 728. The lowest BCUT2D eigenvalue weighted by atomic mass is 10.3. The molecule has 0 heterocycles. The first-order valence-corrected chi connectivity index (χ1v) is 7.78.